The number of hydrogen-bond donors (Lipinski definition) is 2. The van der Waals surface area contributed by atoms with E-state index in [0.717, 1.165) is 32.4 Å². The molecule has 106 valence electrons. The number of nitrogens with zero attached hydrogens (tertiary/aromatic N) is 2. The van der Waals surface area contributed by atoms with E-state index in [2.05, 4.69) is 23.2 Å². The van der Waals surface area contributed by atoms with Crippen LogP contribution in [0, 0.1) is 23.2 Å². The summed E-state index contributed by atoms with van der Waals surface area (Å²) in [5.41, 5.74) is 5.34. The number of likely N-dealkylation sites (tertiary alicyclic amines) is 1. The Kier molecular flexibility index (Phi) is 4.12. The van der Waals surface area contributed by atoms with E-state index in [1.165, 1.54) is 0 Å². The van der Waals surface area contributed by atoms with Crippen LogP contribution < -0.4 is 11.1 Å². The van der Waals surface area contributed by atoms with E-state index < -0.39 is 5.54 Å². The summed E-state index contributed by atoms with van der Waals surface area (Å²) in [4.78, 5) is 14.1. The third-order valence-electron chi connectivity index (χ3n) is 4.49. The SMILES string of the molecule is CC1CCN(CC(=O)NC(C)(C#N)C2CC2)CC1N. The Morgan fingerprint density at radius 3 is 2.74 bits per heavy atom. The Morgan fingerprint density at radius 2 is 2.21 bits per heavy atom. The third-order valence-corrected chi connectivity index (χ3v) is 4.49. The molecular weight excluding hydrogens is 240 g/mol. The molecule has 1 aliphatic carbocycles. The second kappa shape index (κ2) is 5.48. The van der Waals surface area contributed by atoms with E-state index >= 15 is 0 Å². The molecule has 19 heavy (non-hydrogen) atoms. The lowest BCUT2D eigenvalue weighted by molar-refractivity contribution is -0.124. The van der Waals surface area contributed by atoms with Gasteiger partial charge in [-0.1, -0.05) is 6.92 Å². The van der Waals surface area contributed by atoms with Crippen molar-refractivity contribution in [2.75, 3.05) is 19.6 Å². The fraction of sp³-hybridized carbons (Fsp3) is 0.857. The molecule has 0 bridgehead atoms. The first-order valence-electron chi connectivity index (χ1n) is 7.15. The lowest BCUT2D eigenvalue weighted by atomic mass is 9.94. The molecule has 1 aliphatic heterocycles. The number of amides is 1. The number of carbonyl (C=O) groups is 1. The number of carbonyl (C=O) groups excluding carboxylic acids is 1. The Bertz CT molecular complexity index is 387. The molecule has 1 heterocycles. The maximum absolute atomic E-state index is 12.1. The van der Waals surface area contributed by atoms with Crippen molar-refractivity contribution < 1.29 is 4.79 Å². The summed E-state index contributed by atoms with van der Waals surface area (Å²) in [6, 6.07) is 2.39. The first-order chi connectivity index (χ1) is 8.94. The predicted molar refractivity (Wildman–Crippen MR) is 73.1 cm³/mol. The van der Waals surface area contributed by atoms with E-state index in [1.807, 2.05) is 6.92 Å². The quantitative estimate of drug-likeness (QED) is 0.773. The molecule has 1 amide bonds. The fourth-order valence-electron chi connectivity index (χ4n) is 2.73. The van der Waals surface area contributed by atoms with E-state index in [1.54, 1.807) is 0 Å². The summed E-state index contributed by atoms with van der Waals surface area (Å²) >= 11 is 0. The van der Waals surface area contributed by atoms with E-state index in [0.29, 0.717) is 18.4 Å². The van der Waals surface area contributed by atoms with Crippen molar-refractivity contribution in [2.24, 2.45) is 17.6 Å². The summed E-state index contributed by atoms with van der Waals surface area (Å²) in [7, 11) is 0. The van der Waals surface area contributed by atoms with Gasteiger partial charge in [-0.15, -0.1) is 0 Å². The van der Waals surface area contributed by atoms with Crippen LogP contribution in [-0.4, -0.2) is 42.0 Å². The highest BCUT2D eigenvalue weighted by molar-refractivity contribution is 5.79. The van der Waals surface area contributed by atoms with E-state index in [-0.39, 0.29) is 11.9 Å². The number of hydrogen-bond acceptors (Lipinski definition) is 4. The van der Waals surface area contributed by atoms with Gasteiger partial charge in [0.05, 0.1) is 12.6 Å². The van der Waals surface area contributed by atoms with Crippen LogP contribution in [0.4, 0.5) is 0 Å². The van der Waals surface area contributed by atoms with Crippen LogP contribution in [0.2, 0.25) is 0 Å². The molecule has 1 saturated carbocycles. The zero-order valence-corrected chi connectivity index (χ0v) is 11.9. The van der Waals surface area contributed by atoms with Crippen LogP contribution in [0.5, 0.6) is 0 Å². The molecule has 3 unspecified atom stereocenters. The molecule has 1 saturated heterocycles. The van der Waals surface area contributed by atoms with Crippen LogP contribution in [0.1, 0.15) is 33.1 Å². The minimum atomic E-state index is -0.692. The molecule has 0 aromatic carbocycles. The van der Waals surface area contributed by atoms with Crippen LogP contribution >= 0.6 is 0 Å². The standard InChI is InChI=1S/C14H24N4O/c1-10-5-6-18(7-12(10)16)8-13(19)17-14(2,9-15)11-3-4-11/h10-12H,3-8,16H2,1-2H3,(H,17,19). The van der Waals surface area contributed by atoms with Crippen LogP contribution in [0.25, 0.3) is 0 Å². The largest absolute Gasteiger partial charge is 0.337 e. The zero-order valence-electron chi connectivity index (χ0n) is 11.9. The van der Waals surface area contributed by atoms with Gasteiger partial charge < -0.3 is 11.1 Å². The van der Waals surface area contributed by atoms with Crippen LogP contribution in [-0.2, 0) is 4.79 Å². The molecule has 0 radical (unpaired) electrons. The Labute approximate surface area is 115 Å². The molecule has 5 heteroatoms. The topological polar surface area (TPSA) is 82.2 Å². The molecule has 5 nitrogen and oxygen atoms in total. The summed E-state index contributed by atoms with van der Waals surface area (Å²) < 4.78 is 0. The Balaban J connectivity index is 1.83. The summed E-state index contributed by atoms with van der Waals surface area (Å²) in [6.45, 7) is 6.01. The summed E-state index contributed by atoms with van der Waals surface area (Å²) in [5.74, 6) is 0.790. The zero-order chi connectivity index (χ0) is 14.0. The smallest absolute Gasteiger partial charge is 0.235 e. The molecule has 3 atom stereocenters. The van der Waals surface area contributed by atoms with Crippen LogP contribution in [0.3, 0.4) is 0 Å². The van der Waals surface area contributed by atoms with Gasteiger partial charge in [-0.05, 0) is 44.6 Å². The molecule has 0 aromatic heterocycles. The number of nitrogens with one attached hydrogen (secondary N) is 1. The van der Waals surface area contributed by atoms with Crippen molar-refractivity contribution in [1.29, 1.82) is 5.26 Å². The van der Waals surface area contributed by atoms with Gasteiger partial charge in [0.25, 0.3) is 0 Å². The van der Waals surface area contributed by atoms with E-state index in [4.69, 9.17) is 5.73 Å². The number of rotatable bonds is 4. The maximum atomic E-state index is 12.1. The molecule has 0 spiro atoms. The van der Waals surface area contributed by atoms with E-state index in [9.17, 15) is 10.1 Å². The minimum absolute atomic E-state index is 0.0577. The van der Waals surface area contributed by atoms with Crippen molar-refractivity contribution in [1.82, 2.24) is 10.2 Å². The molecule has 2 aliphatic rings. The fourth-order valence-corrected chi connectivity index (χ4v) is 2.73. The van der Waals surface area contributed by atoms with Crippen LogP contribution in [0.15, 0.2) is 0 Å². The van der Waals surface area contributed by atoms with Gasteiger partial charge in [0.15, 0.2) is 0 Å². The van der Waals surface area contributed by atoms with Gasteiger partial charge in [-0.3, -0.25) is 9.69 Å². The predicted octanol–water partition coefficient (Wildman–Crippen LogP) is 0.464. The van der Waals surface area contributed by atoms with Gasteiger partial charge in [0.1, 0.15) is 5.54 Å². The number of nitrogens with two attached hydrogens (primary N) is 1. The second-order valence-electron chi connectivity index (χ2n) is 6.30. The number of nitriles is 1. The Morgan fingerprint density at radius 1 is 1.53 bits per heavy atom. The minimum Gasteiger partial charge on any atom is -0.337 e. The normalized spacial score (nSPS) is 31.3. The number of piperidine rings is 1. The molecule has 2 rings (SSSR count). The van der Waals surface area contributed by atoms with Gasteiger partial charge in [-0.2, -0.15) is 5.26 Å². The van der Waals surface area contributed by atoms with Gasteiger partial charge in [-0.25, -0.2) is 0 Å². The third kappa shape index (κ3) is 3.46. The molecule has 2 fully saturated rings. The monoisotopic (exact) mass is 264 g/mol. The summed E-state index contributed by atoms with van der Waals surface area (Å²) in [5, 5.41) is 12.1. The van der Waals surface area contributed by atoms with Gasteiger partial charge in [0.2, 0.25) is 5.91 Å². The first kappa shape index (κ1) is 14.3. The van der Waals surface area contributed by atoms with Gasteiger partial charge >= 0.3 is 0 Å². The van der Waals surface area contributed by atoms with Crippen molar-refractivity contribution >= 4 is 5.91 Å². The molecular formula is C14H24N4O. The Hall–Kier alpha value is -1.12. The van der Waals surface area contributed by atoms with Crippen molar-refractivity contribution in [2.45, 2.75) is 44.7 Å². The lowest BCUT2D eigenvalue weighted by Gasteiger charge is -2.35. The summed E-state index contributed by atoms with van der Waals surface area (Å²) in [6.07, 6.45) is 3.11. The van der Waals surface area contributed by atoms with Crippen molar-refractivity contribution in [3.63, 3.8) is 0 Å². The lowest BCUT2D eigenvalue weighted by Crippen LogP contribution is -2.54. The second-order valence-corrected chi connectivity index (χ2v) is 6.30. The highest BCUT2D eigenvalue weighted by Crippen LogP contribution is 2.39. The average molecular weight is 264 g/mol. The average Bonchev–Trinajstić information content (AvgIpc) is 3.18. The van der Waals surface area contributed by atoms with Crippen molar-refractivity contribution in [3.05, 3.63) is 0 Å². The highest BCUT2D eigenvalue weighted by Gasteiger charge is 2.43. The maximum Gasteiger partial charge on any atom is 0.235 e. The molecule has 3 N–H and O–H groups in total. The first-order valence-corrected chi connectivity index (χ1v) is 7.15. The molecule has 0 aromatic rings. The van der Waals surface area contributed by atoms with Gasteiger partial charge in [0, 0.05) is 12.6 Å². The highest BCUT2D eigenvalue weighted by atomic mass is 16.2. The van der Waals surface area contributed by atoms with Crippen molar-refractivity contribution in [3.8, 4) is 6.07 Å².